The summed E-state index contributed by atoms with van der Waals surface area (Å²) in [4.78, 5) is 15.1. The van der Waals surface area contributed by atoms with Gasteiger partial charge >= 0.3 is 0 Å². The highest BCUT2D eigenvalue weighted by molar-refractivity contribution is 7.80. The summed E-state index contributed by atoms with van der Waals surface area (Å²) in [6.45, 7) is 6.54. The van der Waals surface area contributed by atoms with E-state index >= 15 is 0 Å². The predicted molar refractivity (Wildman–Crippen MR) is 89.6 cm³/mol. The van der Waals surface area contributed by atoms with Crippen molar-refractivity contribution in [2.24, 2.45) is 5.73 Å². The third-order valence-corrected chi connectivity index (χ3v) is 4.06. The van der Waals surface area contributed by atoms with Crippen LogP contribution in [-0.2, 0) is 0 Å². The van der Waals surface area contributed by atoms with Gasteiger partial charge in [0.2, 0.25) is 0 Å². The number of aryl methyl sites for hydroxylation is 2. The zero-order valence-corrected chi connectivity index (χ0v) is 13.5. The molecule has 0 atom stereocenters. The van der Waals surface area contributed by atoms with Crippen molar-refractivity contribution in [2.75, 3.05) is 19.6 Å². The van der Waals surface area contributed by atoms with Crippen LogP contribution in [0.3, 0.4) is 0 Å². The Balaban J connectivity index is 1.88. The Labute approximate surface area is 131 Å². The molecule has 1 amide bonds. The Bertz CT molecular complexity index is 536. The van der Waals surface area contributed by atoms with Crippen molar-refractivity contribution in [3.63, 3.8) is 0 Å². The first-order chi connectivity index (χ1) is 9.95. The smallest absolute Gasteiger partial charge is 0.251 e. The van der Waals surface area contributed by atoms with Crippen molar-refractivity contribution in [3.8, 4) is 0 Å². The molecular formula is C16H23N3OS. The number of carbonyl (C=O) groups is 1. The summed E-state index contributed by atoms with van der Waals surface area (Å²) in [5.41, 5.74) is 8.54. The minimum absolute atomic E-state index is 0.0281. The SMILES string of the molecule is Cc1ccc(C(=O)NC2CCN(CC(N)=S)CC2)c(C)c1. The van der Waals surface area contributed by atoms with Crippen LogP contribution in [0.15, 0.2) is 18.2 Å². The van der Waals surface area contributed by atoms with E-state index in [9.17, 15) is 4.79 Å². The summed E-state index contributed by atoms with van der Waals surface area (Å²) in [5, 5.41) is 3.14. The van der Waals surface area contributed by atoms with E-state index in [1.807, 2.05) is 32.0 Å². The van der Waals surface area contributed by atoms with Crippen LogP contribution < -0.4 is 11.1 Å². The summed E-state index contributed by atoms with van der Waals surface area (Å²) in [6.07, 6.45) is 1.89. The fraction of sp³-hybridized carbons (Fsp3) is 0.500. The van der Waals surface area contributed by atoms with Gasteiger partial charge in [-0.3, -0.25) is 9.69 Å². The Morgan fingerprint density at radius 2 is 2.05 bits per heavy atom. The number of carbonyl (C=O) groups excluding carboxylic acids is 1. The highest BCUT2D eigenvalue weighted by Gasteiger charge is 2.21. The van der Waals surface area contributed by atoms with Gasteiger partial charge in [0.05, 0.1) is 4.99 Å². The number of nitrogens with two attached hydrogens (primary N) is 1. The first-order valence-corrected chi connectivity index (χ1v) is 7.75. The first-order valence-electron chi connectivity index (χ1n) is 7.34. The summed E-state index contributed by atoms with van der Waals surface area (Å²) >= 11 is 4.93. The topological polar surface area (TPSA) is 58.4 Å². The van der Waals surface area contributed by atoms with E-state index in [-0.39, 0.29) is 11.9 Å². The molecule has 1 aliphatic rings. The van der Waals surface area contributed by atoms with E-state index in [1.54, 1.807) is 0 Å². The van der Waals surface area contributed by atoms with Crippen molar-refractivity contribution >= 4 is 23.1 Å². The second kappa shape index (κ2) is 7.00. The minimum atomic E-state index is 0.0281. The average molecular weight is 305 g/mol. The summed E-state index contributed by atoms with van der Waals surface area (Å²) in [7, 11) is 0. The molecule has 1 aromatic rings. The number of hydrogen-bond acceptors (Lipinski definition) is 3. The first kappa shape index (κ1) is 15.9. The molecule has 0 saturated carbocycles. The normalized spacial score (nSPS) is 16.7. The summed E-state index contributed by atoms with van der Waals surface area (Å²) in [5.74, 6) is 0.0281. The molecule has 21 heavy (non-hydrogen) atoms. The zero-order valence-electron chi connectivity index (χ0n) is 12.7. The highest BCUT2D eigenvalue weighted by atomic mass is 32.1. The fourth-order valence-electron chi connectivity index (χ4n) is 2.79. The van der Waals surface area contributed by atoms with Crippen LogP contribution in [-0.4, -0.2) is 41.5 Å². The van der Waals surface area contributed by atoms with Crippen molar-refractivity contribution < 1.29 is 4.79 Å². The van der Waals surface area contributed by atoms with Crippen LogP contribution in [0, 0.1) is 13.8 Å². The number of nitrogens with one attached hydrogen (secondary N) is 1. The van der Waals surface area contributed by atoms with Crippen LogP contribution in [0.2, 0.25) is 0 Å². The van der Waals surface area contributed by atoms with E-state index in [0.717, 1.165) is 37.1 Å². The van der Waals surface area contributed by atoms with Crippen LogP contribution in [0.1, 0.15) is 34.3 Å². The number of likely N-dealkylation sites (tertiary alicyclic amines) is 1. The maximum absolute atomic E-state index is 12.3. The number of amides is 1. The lowest BCUT2D eigenvalue weighted by Crippen LogP contribution is -2.46. The summed E-state index contributed by atoms with van der Waals surface area (Å²) < 4.78 is 0. The molecule has 1 saturated heterocycles. The third kappa shape index (κ3) is 4.51. The molecule has 4 nitrogen and oxygen atoms in total. The zero-order chi connectivity index (χ0) is 15.4. The lowest BCUT2D eigenvalue weighted by atomic mass is 10.0. The van der Waals surface area contributed by atoms with Crippen molar-refractivity contribution in [2.45, 2.75) is 32.7 Å². The van der Waals surface area contributed by atoms with Crippen molar-refractivity contribution in [3.05, 3.63) is 34.9 Å². The molecule has 1 fully saturated rings. The standard InChI is InChI=1S/C16H23N3OS/c1-11-3-4-14(12(2)9-11)16(20)18-13-5-7-19(8-6-13)10-15(17)21/h3-4,9,13H,5-8,10H2,1-2H3,(H2,17,21)(H,18,20). The lowest BCUT2D eigenvalue weighted by Gasteiger charge is -2.32. The molecular weight excluding hydrogens is 282 g/mol. The molecule has 2 rings (SSSR count). The molecule has 0 unspecified atom stereocenters. The van der Waals surface area contributed by atoms with Gasteiger partial charge in [0, 0.05) is 31.2 Å². The Hall–Kier alpha value is -1.46. The highest BCUT2D eigenvalue weighted by Crippen LogP contribution is 2.14. The minimum Gasteiger partial charge on any atom is -0.392 e. The predicted octanol–water partition coefficient (Wildman–Crippen LogP) is 1.78. The number of thiocarbonyl (C=S) groups is 1. The van der Waals surface area contributed by atoms with Crippen LogP contribution in [0.25, 0.3) is 0 Å². The second-order valence-electron chi connectivity index (χ2n) is 5.81. The van der Waals surface area contributed by atoms with Gasteiger partial charge in [-0.05, 0) is 38.3 Å². The Kier molecular flexibility index (Phi) is 5.31. The number of hydrogen-bond donors (Lipinski definition) is 2. The molecule has 0 aromatic heterocycles. The van der Waals surface area contributed by atoms with Gasteiger partial charge in [-0.25, -0.2) is 0 Å². The molecule has 0 aliphatic carbocycles. The monoisotopic (exact) mass is 305 g/mol. The van der Waals surface area contributed by atoms with E-state index in [4.69, 9.17) is 18.0 Å². The number of nitrogens with zero attached hydrogens (tertiary/aromatic N) is 1. The lowest BCUT2D eigenvalue weighted by molar-refractivity contribution is 0.0914. The second-order valence-corrected chi connectivity index (χ2v) is 6.33. The van der Waals surface area contributed by atoms with Gasteiger partial charge in [0.15, 0.2) is 0 Å². The molecule has 1 aromatic carbocycles. The Morgan fingerprint density at radius 3 is 2.62 bits per heavy atom. The number of piperidine rings is 1. The maximum atomic E-state index is 12.3. The number of rotatable bonds is 4. The molecule has 0 bridgehead atoms. The molecule has 0 radical (unpaired) electrons. The Morgan fingerprint density at radius 1 is 1.38 bits per heavy atom. The van der Waals surface area contributed by atoms with E-state index < -0.39 is 0 Å². The van der Waals surface area contributed by atoms with Gasteiger partial charge in [-0.2, -0.15) is 0 Å². The van der Waals surface area contributed by atoms with Gasteiger partial charge in [0.1, 0.15) is 0 Å². The van der Waals surface area contributed by atoms with Crippen LogP contribution in [0.4, 0.5) is 0 Å². The van der Waals surface area contributed by atoms with Gasteiger partial charge in [-0.15, -0.1) is 0 Å². The van der Waals surface area contributed by atoms with Crippen molar-refractivity contribution in [1.82, 2.24) is 10.2 Å². The molecule has 1 aliphatic heterocycles. The van der Waals surface area contributed by atoms with Gasteiger partial charge in [-0.1, -0.05) is 29.9 Å². The molecule has 3 N–H and O–H groups in total. The van der Waals surface area contributed by atoms with E-state index in [2.05, 4.69) is 10.2 Å². The molecule has 5 heteroatoms. The maximum Gasteiger partial charge on any atom is 0.251 e. The van der Waals surface area contributed by atoms with E-state index in [0.29, 0.717) is 11.5 Å². The average Bonchev–Trinajstić information content (AvgIpc) is 2.40. The number of benzene rings is 1. The van der Waals surface area contributed by atoms with Gasteiger partial charge < -0.3 is 11.1 Å². The largest absolute Gasteiger partial charge is 0.392 e. The van der Waals surface area contributed by atoms with Gasteiger partial charge in [0.25, 0.3) is 5.91 Å². The summed E-state index contributed by atoms with van der Waals surface area (Å²) in [6, 6.07) is 6.16. The molecule has 114 valence electrons. The quantitative estimate of drug-likeness (QED) is 0.833. The third-order valence-electron chi connectivity index (χ3n) is 3.93. The van der Waals surface area contributed by atoms with Crippen LogP contribution >= 0.6 is 12.2 Å². The molecule has 1 heterocycles. The van der Waals surface area contributed by atoms with Crippen LogP contribution in [0.5, 0.6) is 0 Å². The fourth-order valence-corrected chi connectivity index (χ4v) is 2.97. The van der Waals surface area contributed by atoms with E-state index in [1.165, 1.54) is 5.56 Å². The van der Waals surface area contributed by atoms with Crippen molar-refractivity contribution in [1.29, 1.82) is 0 Å². The molecule has 0 spiro atoms.